The van der Waals surface area contributed by atoms with Crippen molar-refractivity contribution in [3.05, 3.63) is 270 Å². The van der Waals surface area contributed by atoms with Gasteiger partial charge in [0.05, 0.1) is 21.5 Å². The number of rotatable bonds is 17. The summed E-state index contributed by atoms with van der Waals surface area (Å²) >= 11 is 34.3. The van der Waals surface area contributed by atoms with Crippen molar-refractivity contribution in [2.24, 2.45) is 0 Å². The average molecular weight is 1280 g/mol. The number of nitrogens with zero attached hydrogens (tertiary/aromatic N) is 3. The molecule has 0 radical (unpaired) electrons. The number of halogens is 8. The van der Waals surface area contributed by atoms with E-state index in [1.807, 2.05) is 54.6 Å². The Labute approximate surface area is 523 Å². The Bertz CT molecular complexity index is 4750. The molecule has 10 nitrogen and oxygen atoms in total. The fraction of sp³-hybridized carbons (Fsp3) is 0.0735. The zero-order chi connectivity index (χ0) is 61.0. The summed E-state index contributed by atoms with van der Waals surface area (Å²) in [5.41, 5.74) is 6.15. The van der Waals surface area contributed by atoms with Crippen LogP contribution in [0.15, 0.2) is 204 Å². The van der Waals surface area contributed by atoms with Crippen LogP contribution in [0.3, 0.4) is 0 Å². The van der Waals surface area contributed by atoms with Crippen LogP contribution in [0.2, 0.25) is 25.1 Å². The highest BCUT2D eigenvalue weighted by Crippen LogP contribution is 2.44. The Morgan fingerprint density at radius 2 is 0.977 bits per heavy atom. The molecule has 3 aromatic heterocycles. The molecule has 0 saturated heterocycles. The molecule has 434 valence electrons. The maximum absolute atomic E-state index is 14.1. The van der Waals surface area contributed by atoms with E-state index in [4.69, 9.17) is 62.7 Å². The van der Waals surface area contributed by atoms with Crippen molar-refractivity contribution in [1.82, 2.24) is 13.7 Å². The molecular weight excluding hydrogens is 1240 g/mol. The third kappa shape index (κ3) is 11.9. The van der Waals surface area contributed by atoms with E-state index in [-0.39, 0.29) is 59.2 Å². The smallest absolute Gasteiger partial charge is 0.416 e. The number of benzene rings is 9. The number of hydrogen-bond donors (Lipinski definition) is 3. The number of aromatic nitrogens is 3. The predicted octanol–water partition coefficient (Wildman–Crippen LogP) is 19.9. The molecule has 0 atom stereocenters. The Hall–Kier alpha value is -8.60. The first-order valence-corrected chi connectivity index (χ1v) is 29.4. The molecule has 0 aliphatic heterocycles. The maximum atomic E-state index is 14.1. The van der Waals surface area contributed by atoms with Gasteiger partial charge in [0, 0.05) is 88.9 Å². The molecule has 0 unspecified atom stereocenters. The summed E-state index contributed by atoms with van der Waals surface area (Å²) in [5, 5.41) is 35.9. The highest BCUT2D eigenvalue weighted by molar-refractivity contribution is 7.99. The van der Waals surface area contributed by atoms with Crippen LogP contribution in [0.4, 0.5) is 13.2 Å². The van der Waals surface area contributed by atoms with Gasteiger partial charge in [0.25, 0.3) is 0 Å². The number of alkyl halides is 3. The van der Waals surface area contributed by atoms with Gasteiger partial charge in [0.2, 0.25) is 0 Å². The Kier molecular flexibility index (Phi) is 16.2. The first kappa shape index (κ1) is 58.8. The van der Waals surface area contributed by atoms with Crippen LogP contribution < -0.4 is 4.74 Å². The number of carboxylic acids is 3. The molecule has 12 rings (SSSR count). The molecule has 3 heterocycles. The van der Waals surface area contributed by atoms with Crippen molar-refractivity contribution >= 4 is 120 Å². The SMILES string of the molecule is O=C(O)c1c(Cc2cccc(-c3cc(Cn4c(C(=O)O)c(Sc5ccccc5)c5cc(C(F)(F)F)ccc54)ccc3Cl)c2)c2cc(Cl)ccc2n1Cc1ccc(Cl)c(-c2cccc(Oc3c(C(=O)O)n(Cc4ccc(Cl)cc4)c4ccc(Cl)cc34)c2)c1. The number of ether oxygens (including phenoxy) is 1. The van der Waals surface area contributed by atoms with Crippen LogP contribution in [0.25, 0.3) is 55.0 Å². The minimum absolute atomic E-state index is 0.0227. The normalized spacial score (nSPS) is 11.7. The van der Waals surface area contributed by atoms with Gasteiger partial charge in [-0.25, -0.2) is 14.4 Å². The molecule has 19 heteroatoms. The lowest BCUT2D eigenvalue weighted by Crippen LogP contribution is -2.12. The van der Waals surface area contributed by atoms with Gasteiger partial charge in [-0.3, -0.25) is 0 Å². The second-order valence-electron chi connectivity index (χ2n) is 20.6. The zero-order valence-corrected chi connectivity index (χ0v) is 49.6. The van der Waals surface area contributed by atoms with Gasteiger partial charge in [-0.2, -0.15) is 13.2 Å². The Morgan fingerprint density at radius 1 is 0.460 bits per heavy atom. The van der Waals surface area contributed by atoms with E-state index in [9.17, 15) is 42.9 Å². The van der Waals surface area contributed by atoms with Gasteiger partial charge in [-0.1, -0.05) is 149 Å². The van der Waals surface area contributed by atoms with Crippen LogP contribution in [0.5, 0.6) is 11.5 Å². The van der Waals surface area contributed by atoms with Crippen LogP contribution in [-0.4, -0.2) is 46.9 Å². The van der Waals surface area contributed by atoms with Gasteiger partial charge < -0.3 is 33.8 Å². The maximum Gasteiger partial charge on any atom is 0.416 e. The molecular formula is C68H43Cl5F3N3O7S. The molecule has 0 aliphatic carbocycles. The van der Waals surface area contributed by atoms with Gasteiger partial charge in [-0.15, -0.1) is 0 Å². The van der Waals surface area contributed by atoms with Gasteiger partial charge >= 0.3 is 24.1 Å². The highest BCUT2D eigenvalue weighted by Gasteiger charge is 2.33. The molecule has 12 aromatic rings. The lowest BCUT2D eigenvalue weighted by atomic mass is 9.96. The second kappa shape index (κ2) is 23.9. The van der Waals surface area contributed by atoms with Crippen LogP contribution in [0.1, 0.15) is 64.8 Å². The summed E-state index contributed by atoms with van der Waals surface area (Å²) in [6.45, 7) is 0.258. The topological polar surface area (TPSA) is 136 Å². The van der Waals surface area contributed by atoms with Crippen molar-refractivity contribution in [1.29, 1.82) is 0 Å². The van der Waals surface area contributed by atoms with E-state index in [1.165, 1.54) is 10.6 Å². The van der Waals surface area contributed by atoms with Crippen LogP contribution >= 0.6 is 69.8 Å². The van der Waals surface area contributed by atoms with E-state index in [0.29, 0.717) is 102 Å². The third-order valence-corrected chi connectivity index (χ3v) is 17.5. The molecule has 0 amide bonds. The zero-order valence-electron chi connectivity index (χ0n) is 45.1. The highest BCUT2D eigenvalue weighted by atomic mass is 35.5. The molecule has 0 spiro atoms. The van der Waals surface area contributed by atoms with Gasteiger partial charge in [0.1, 0.15) is 17.1 Å². The van der Waals surface area contributed by atoms with Crippen LogP contribution in [0, 0.1) is 0 Å². The quantitative estimate of drug-likeness (QED) is 0.0820. The molecule has 3 N–H and O–H groups in total. The van der Waals surface area contributed by atoms with Gasteiger partial charge in [-0.05, 0) is 154 Å². The fourth-order valence-electron chi connectivity index (χ4n) is 11.2. The summed E-state index contributed by atoms with van der Waals surface area (Å²) < 4.78 is 53.8. The van der Waals surface area contributed by atoms with E-state index in [1.54, 1.807) is 130 Å². The number of aromatic carboxylic acids is 3. The number of carbonyl (C=O) groups is 3. The lowest BCUT2D eigenvalue weighted by molar-refractivity contribution is -0.137. The number of carboxylic acid groups (broad SMARTS) is 3. The first-order chi connectivity index (χ1) is 41.8. The van der Waals surface area contributed by atoms with Crippen molar-refractivity contribution in [3.8, 4) is 33.8 Å². The van der Waals surface area contributed by atoms with Crippen molar-refractivity contribution in [3.63, 3.8) is 0 Å². The monoisotopic (exact) mass is 1280 g/mol. The molecule has 9 aromatic carbocycles. The molecule has 0 fully saturated rings. The minimum Gasteiger partial charge on any atom is -0.477 e. The van der Waals surface area contributed by atoms with E-state index >= 15 is 0 Å². The summed E-state index contributed by atoms with van der Waals surface area (Å²) in [4.78, 5) is 40.7. The molecule has 87 heavy (non-hydrogen) atoms. The summed E-state index contributed by atoms with van der Waals surface area (Å²) in [6, 6.07) is 54.6. The van der Waals surface area contributed by atoms with Crippen LogP contribution in [-0.2, 0) is 32.2 Å². The Morgan fingerprint density at radius 3 is 1.60 bits per heavy atom. The van der Waals surface area contributed by atoms with E-state index in [0.717, 1.165) is 35.0 Å². The second-order valence-corrected chi connectivity index (χ2v) is 23.8. The average Bonchev–Trinajstić information content (AvgIpc) is 1.69. The first-order valence-electron chi connectivity index (χ1n) is 26.7. The summed E-state index contributed by atoms with van der Waals surface area (Å²) in [7, 11) is 0. The van der Waals surface area contributed by atoms with Gasteiger partial charge in [0.15, 0.2) is 11.4 Å². The minimum atomic E-state index is -4.67. The van der Waals surface area contributed by atoms with Crippen molar-refractivity contribution in [2.45, 2.75) is 42.0 Å². The molecule has 0 saturated carbocycles. The fourth-order valence-corrected chi connectivity index (χ4v) is 13.2. The largest absolute Gasteiger partial charge is 0.477 e. The standard InChI is InChI=1S/C68H43Cl5F3N3O7S/c69-44-17-12-37(13-18-44)34-78-58-25-20-46(71)33-53(58)63(61(78)66(82)83)86-47-9-5-8-42(30-47)50-29-39(14-22-56(50)73)35-77-57-24-19-45(70)32-51(57)52(60(77)65(80)81)27-38-6-4-7-41(26-38)49-28-40(15-21-55(49)72)36-79-59-23-16-43(68(74,75)76)31-54(59)64(62(79)67(84)85)87-48-10-2-1-3-11-48/h1-26,28-33H,27,34-36H2,(H,80,81)(H,82,83)(H,84,85). The van der Waals surface area contributed by atoms with Crippen molar-refractivity contribution in [2.75, 3.05) is 0 Å². The summed E-state index contributed by atoms with van der Waals surface area (Å²) in [6.07, 6.45) is -4.53. The van der Waals surface area contributed by atoms with E-state index in [2.05, 4.69) is 0 Å². The number of hydrogen-bond acceptors (Lipinski definition) is 5. The van der Waals surface area contributed by atoms with E-state index < -0.39 is 29.6 Å². The number of fused-ring (bicyclic) bond motifs is 3. The Balaban J connectivity index is 0.859. The summed E-state index contributed by atoms with van der Waals surface area (Å²) in [5.74, 6) is -3.31. The molecule has 0 aliphatic rings. The molecule has 0 bridgehead atoms. The van der Waals surface area contributed by atoms with Crippen molar-refractivity contribution < 1.29 is 47.6 Å². The lowest BCUT2D eigenvalue weighted by Gasteiger charge is -2.14. The predicted molar refractivity (Wildman–Crippen MR) is 338 cm³/mol. The third-order valence-electron chi connectivity index (χ3n) is 15.0.